The van der Waals surface area contributed by atoms with E-state index in [1.54, 1.807) is 6.92 Å². The smallest absolute Gasteiger partial charge is 0.333 e. The Hall–Kier alpha value is -3.17. The lowest BCUT2D eigenvalue weighted by Gasteiger charge is -2.14. The van der Waals surface area contributed by atoms with Crippen LogP contribution >= 0.6 is 0 Å². The van der Waals surface area contributed by atoms with Crippen LogP contribution < -0.4 is 0 Å². The van der Waals surface area contributed by atoms with Crippen molar-refractivity contribution in [2.75, 3.05) is 6.61 Å². The number of ether oxygens (including phenoxy) is 1. The molecule has 160 valence electrons. The van der Waals surface area contributed by atoms with E-state index < -0.39 is 5.97 Å². The minimum atomic E-state index is -0.406. The molecule has 0 radical (unpaired) electrons. The van der Waals surface area contributed by atoms with Gasteiger partial charge in [0.25, 0.3) is 0 Å². The summed E-state index contributed by atoms with van der Waals surface area (Å²) in [6.07, 6.45) is 1.45. The molecule has 0 unspecified atom stereocenters. The molecule has 0 fully saturated rings. The fourth-order valence-electron chi connectivity index (χ4n) is 3.65. The first-order chi connectivity index (χ1) is 14.9. The molecule has 3 rings (SSSR count). The molecule has 0 heterocycles. The second-order valence-corrected chi connectivity index (χ2v) is 7.91. The normalized spacial score (nSPS) is 10.7. The van der Waals surface area contributed by atoms with Crippen LogP contribution in [-0.4, -0.2) is 17.7 Å². The number of hydrogen-bond acceptors (Lipinski definition) is 3. The Morgan fingerprint density at radius 2 is 1.52 bits per heavy atom. The summed E-state index contributed by atoms with van der Waals surface area (Å²) in [5, 5.41) is 9.40. The van der Waals surface area contributed by atoms with Gasteiger partial charge in [0.15, 0.2) is 0 Å². The SMILES string of the molecule is C=C(C)C(=O)OCc1cc(-c2ccc(-c3ccc(C)cc3)c(CC)c2)ccc1CCO. The summed E-state index contributed by atoms with van der Waals surface area (Å²) in [6.45, 7) is 9.75. The molecule has 0 aliphatic rings. The van der Waals surface area contributed by atoms with Crippen molar-refractivity contribution in [1.29, 1.82) is 0 Å². The van der Waals surface area contributed by atoms with Gasteiger partial charge in [-0.3, -0.25) is 0 Å². The maximum atomic E-state index is 11.8. The van der Waals surface area contributed by atoms with Crippen molar-refractivity contribution in [3.8, 4) is 22.3 Å². The van der Waals surface area contributed by atoms with Crippen molar-refractivity contribution in [3.05, 3.63) is 95.1 Å². The van der Waals surface area contributed by atoms with E-state index in [1.165, 1.54) is 22.3 Å². The first-order valence-corrected chi connectivity index (χ1v) is 10.7. The van der Waals surface area contributed by atoms with Crippen LogP contribution in [-0.2, 0) is 29.0 Å². The average molecular weight is 415 g/mol. The summed E-state index contributed by atoms with van der Waals surface area (Å²) in [7, 11) is 0. The molecule has 3 heteroatoms. The fraction of sp³-hybridized carbons (Fsp3) is 0.250. The van der Waals surface area contributed by atoms with Crippen LogP contribution in [0.4, 0.5) is 0 Å². The van der Waals surface area contributed by atoms with E-state index in [1.807, 2.05) is 6.07 Å². The molecule has 0 aliphatic carbocycles. The molecule has 0 saturated carbocycles. The van der Waals surface area contributed by atoms with E-state index in [0.717, 1.165) is 28.7 Å². The van der Waals surface area contributed by atoms with Crippen molar-refractivity contribution >= 4 is 5.97 Å². The van der Waals surface area contributed by atoms with Gasteiger partial charge in [-0.1, -0.05) is 73.7 Å². The van der Waals surface area contributed by atoms with Crippen molar-refractivity contribution in [2.45, 2.75) is 40.2 Å². The monoisotopic (exact) mass is 414 g/mol. The molecule has 3 aromatic rings. The predicted octanol–water partition coefficient (Wildman–Crippen LogP) is 6.05. The number of esters is 1. The molecule has 1 N–H and O–H groups in total. The zero-order valence-corrected chi connectivity index (χ0v) is 18.6. The Labute approximate surface area is 185 Å². The van der Waals surface area contributed by atoms with Gasteiger partial charge in [-0.15, -0.1) is 0 Å². The van der Waals surface area contributed by atoms with Gasteiger partial charge in [-0.25, -0.2) is 4.79 Å². The number of carbonyl (C=O) groups is 1. The molecule has 3 nitrogen and oxygen atoms in total. The fourth-order valence-corrected chi connectivity index (χ4v) is 3.65. The first-order valence-electron chi connectivity index (χ1n) is 10.7. The number of rotatable bonds is 8. The van der Waals surface area contributed by atoms with Crippen LogP contribution in [0.15, 0.2) is 72.8 Å². The second-order valence-electron chi connectivity index (χ2n) is 7.91. The summed E-state index contributed by atoms with van der Waals surface area (Å²) in [4.78, 5) is 11.8. The summed E-state index contributed by atoms with van der Waals surface area (Å²) < 4.78 is 5.38. The van der Waals surface area contributed by atoms with Gasteiger partial charge >= 0.3 is 5.97 Å². The van der Waals surface area contributed by atoms with E-state index in [0.29, 0.717) is 12.0 Å². The number of aliphatic hydroxyl groups is 1. The van der Waals surface area contributed by atoms with Gasteiger partial charge in [-0.2, -0.15) is 0 Å². The van der Waals surface area contributed by atoms with Crippen molar-refractivity contribution in [2.24, 2.45) is 0 Å². The van der Waals surface area contributed by atoms with Crippen LogP contribution in [0.1, 0.15) is 36.1 Å². The summed E-state index contributed by atoms with van der Waals surface area (Å²) in [6, 6.07) is 21.3. The lowest BCUT2D eigenvalue weighted by Crippen LogP contribution is -2.07. The van der Waals surface area contributed by atoms with Crippen LogP contribution in [0.25, 0.3) is 22.3 Å². The molecular weight excluding hydrogens is 384 g/mol. The molecule has 0 spiro atoms. The molecule has 0 bridgehead atoms. The van der Waals surface area contributed by atoms with Crippen molar-refractivity contribution in [3.63, 3.8) is 0 Å². The number of carbonyl (C=O) groups excluding carboxylic acids is 1. The van der Waals surface area contributed by atoms with Gasteiger partial charge in [0.2, 0.25) is 0 Å². The number of hydrogen-bond donors (Lipinski definition) is 1. The Bertz CT molecular complexity index is 1080. The molecular formula is C28H30O3. The van der Waals surface area contributed by atoms with Crippen LogP contribution in [0.2, 0.25) is 0 Å². The lowest BCUT2D eigenvalue weighted by atomic mass is 9.92. The maximum Gasteiger partial charge on any atom is 0.333 e. The van der Waals surface area contributed by atoms with Gasteiger partial charge in [0, 0.05) is 12.2 Å². The van der Waals surface area contributed by atoms with Crippen LogP contribution in [0.3, 0.4) is 0 Å². The topological polar surface area (TPSA) is 46.5 Å². The highest BCUT2D eigenvalue weighted by Crippen LogP contribution is 2.31. The zero-order valence-electron chi connectivity index (χ0n) is 18.6. The number of aliphatic hydroxyl groups excluding tert-OH is 1. The first kappa shape index (κ1) is 22.5. The highest BCUT2D eigenvalue weighted by atomic mass is 16.5. The molecule has 0 aromatic heterocycles. The highest BCUT2D eigenvalue weighted by Gasteiger charge is 2.11. The summed E-state index contributed by atoms with van der Waals surface area (Å²) in [5.41, 5.74) is 9.45. The van der Waals surface area contributed by atoms with Gasteiger partial charge < -0.3 is 9.84 Å². The molecule has 0 aliphatic heterocycles. The average Bonchev–Trinajstić information content (AvgIpc) is 2.78. The standard InChI is InChI=1S/C28H30O3/c1-5-21-16-25(12-13-27(21)23-8-6-20(4)7-9-23)24-11-10-22(14-15-29)26(17-24)18-31-28(30)19(2)3/h6-13,16-17,29H,2,5,14-15,18H2,1,3-4H3. The van der Waals surface area contributed by atoms with Gasteiger partial charge in [0.05, 0.1) is 0 Å². The van der Waals surface area contributed by atoms with Crippen LogP contribution in [0, 0.1) is 6.92 Å². The molecule has 0 amide bonds. The Morgan fingerprint density at radius 1 is 0.903 bits per heavy atom. The third-order valence-electron chi connectivity index (χ3n) is 5.48. The van der Waals surface area contributed by atoms with E-state index in [9.17, 15) is 9.90 Å². The summed E-state index contributed by atoms with van der Waals surface area (Å²) in [5.74, 6) is -0.406. The molecule has 3 aromatic carbocycles. The largest absolute Gasteiger partial charge is 0.457 e. The van der Waals surface area contributed by atoms with Crippen molar-refractivity contribution in [1.82, 2.24) is 0 Å². The minimum absolute atomic E-state index is 0.0476. The molecule has 0 atom stereocenters. The van der Waals surface area contributed by atoms with Gasteiger partial charge in [0.1, 0.15) is 6.61 Å². The number of aryl methyl sites for hydroxylation is 2. The zero-order chi connectivity index (χ0) is 22.4. The quantitative estimate of drug-likeness (QED) is 0.361. The third kappa shape index (κ3) is 5.50. The van der Waals surface area contributed by atoms with Gasteiger partial charge in [-0.05, 0) is 71.7 Å². The minimum Gasteiger partial charge on any atom is -0.457 e. The maximum absolute atomic E-state index is 11.8. The highest BCUT2D eigenvalue weighted by molar-refractivity contribution is 5.87. The Kier molecular flexibility index (Phi) is 7.43. The van der Waals surface area contributed by atoms with E-state index in [4.69, 9.17) is 4.74 Å². The Balaban J connectivity index is 1.95. The third-order valence-corrected chi connectivity index (χ3v) is 5.48. The van der Waals surface area contributed by atoms with Crippen LogP contribution in [0.5, 0.6) is 0 Å². The molecule has 0 saturated heterocycles. The summed E-state index contributed by atoms with van der Waals surface area (Å²) >= 11 is 0. The lowest BCUT2D eigenvalue weighted by molar-refractivity contribution is -0.140. The van der Waals surface area contributed by atoms with E-state index in [-0.39, 0.29) is 13.2 Å². The van der Waals surface area contributed by atoms with Crippen molar-refractivity contribution < 1.29 is 14.6 Å². The Morgan fingerprint density at radius 3 is 2.13 bits per heavy atom. The number of benzene rings is 3. The predicted molar refractivity (Wildman–Crippen MR) is 127 cm³/mol. The second kappa shape index (κ2) is 10.2. The van der Waals surface area contributed by atoms with E-state index in [2.05, 4.69) is 75.0 Å². The molecule has 31 heavy (non-hydrogen) atoms. The van der Waals surface area contributed by atoms with E-state index >= 15 is 0 Å².